The van der Waals surface area contributed by atoms with E-state index in [1.807, 2.05) is 36.4 Å². The molecule has 0 N–H and O–H groups in total. The Morgan fingerprint density at radius 2 is 1.66 bits per heavy atom. The summed E-state index contributed by atoms with van der Waals surface area (Å²) in [6.45, 7) is 0. The van der Waals surface area contributed by atoms with Gasteiger partial charge in [-0.2, -0.15) is 5.26 Å². The summed E-state index contributed by atoms with van der Waals surface area (Å²) in [6.07, 6.45) is 3.61. The van der Waals surface area contributed by atoms with Crippen LogP contribution in [0.1, 0.15) is 16.7 Å². The number of halogens is 2. The summed E-state index contributed by atoms with van der Waals surface area (Å²) in [5.74, 6) is -0.167. The third-order valence-corrected chi connectivity index (χ3v) is 5.14. The lowest BCUT2D eigenvalue weighted by Gasteiger charge is -2.21. The van der Waals surface area contributed by atoms with E-state index in [0.29, 0.717) is 32.4 Å². The summed E-state index contributed by atoms with van der Waals surface area (Å²) in [7, 11) is 0. The SMILES string of the molecule is N#Cc1ccc(N2C(=O)/C(=C/c3ccc(Cl)cc3Cl)C=C2c2ccccc2)cc1. The molecule has 1 aliphatic rings. The molecule has 0 radical (unpaired) electrons. The van der Waals surface area contributed by atoms with Gasteiger partial charge in [-0.05, 0) is 59.7 Å². The fourth-order valence-electron chi connectivity index (χ4n) is 3.16. The smallest absolute Gasteiger partial charge is 0.262 e. The molecule has 0 saturated carbocycles. The molecule has 1 amide bonds. The molecule has 0 spiro atoms. The normalized spacial score (nSPS) is 14.8. The molecule has 0 atom stereocenters. The number of anilines is 1. The fraction of sp³-hybridized carbons (Fsp3) is 0. The zero-order valence-corrected chi connectivity index (χ0v) is 16.7. The zero-order valence-electron chi connectivity index (χ0n) is 15.1. The van der Waals surface area contributed by atoms with Crippen LogP contribution in [0.4, 0.5) is 5.69 Å². The van der Waals surface area contributed by atoms with Gasteiger partial charge >= 0.3 is 0 Å². The van der Waals surface area contributed by atoms with Crippen molar-refractivity contribution >= 4 is 46.6 Å². The van der Waals surface area contributed by atoms with Gasteiger partial charge in [-0.25, -0.2) is 0 Å². The number of carbonyl (C=O) groups is 1. The molecule has 0 fully saturated rings. The molecule has 0 aliphatic carbocycles. The number of carbonyl (C=O) groups excluding carboxylic acids is 1. The summed E-state index contributed by atoms with van der Waals surface area (Å²) in [5, 5.41) is 10.1. The Bertz CT molecular complexity index is 1190. The van der Waals surface area contributed by atoms with Crippen LogP contribution >= 0.6 is 23.2 Å². The number of nitrogens with zero attached hydrogens (tertiary/aromatic N) is 2. The highest BCUT2D eigenvalue weighted by atomic mass is 35.5. The van der Waals surface area contributed by atoms with Crippen LogP contribution in [0.15, 0.2) is 84.4 Å². The molecule has 0 saturated heterocycles. The van der Waals surface area contributed by atoms with Crippen molar-refractivity contribution in [2.75, 3.05) is 4.90 Å². The molecule has 140 valence electrons. The maximum Gasteiger partial charge on any atom is 0.262 e. The second kappa shape index (κ2) is 7.97. The van der Waals surface area contributed by atoms with E-state index in [1.165, 1.54) is 0 Å². The van der Waals surface area contributed by atoms with Gasteiger partial charge in [0, 0.05) is 21.3 Å². The quantitative estimate of drug-likeness (QED) is 0.467. The fourth-order valence-corrected chi connectivity index (χ4v) is 3.63. The highest BCUT2D eigenvalue weighted by molar-refractivity contribution is 6.35. The molecule has 3 aromatic rings. The van der Waals surface area contributed by atoms with Crippen LogP contribution in [0.3, 0.4) is 0 Å². The second-order valence-electron chi connectivity index (χ2n) is 6.46. The van der Waals surface area contributed by atoms with Crippen LogP contribution in [0.5, 0.6) is 0 Å². The van der Waals surface area contributed by atoms with E-state index in [-0.39, 0.29) is 5.91 Å². The van der Waals surface area contributed by atoms with Gasteiger partial charge in [0.05, 0.1) is 17.3 Å². The van der Waals surface area contributed by atoms with Gasteiger partial charge in [0.2, 0.25) is 0 Å². The molecule has 3 aromatic carbocycles. The topological polar surface area (TPSA) is 44.1 Å². The van der Waals surface area contributed by atoms with Crippen molar-refractivity contribution in [1.82, 2.24) is 0 Å². The first kappa shape index (κ1) is 19.0. The van der Waals surface area contributed by atoms with Crippen molar-refractivity contribution in [3.05, 3.63) is 111 Å². The van der Waals surface area contributed by atoms with Crippen molar-refractivity contribution in [3.8, 4) is 6.07 Å². The molecule has 1 heterocycles. The number of hydrogen-bond donors (Lipinski definition) is 0. The van der Waals surface area contributed by atoms with Crippen LogP contribution < -0.4 is 4.90 Å². The lowest BCUT2D eigenvalue weighted by atomic mass is 10.1. The number of benzene rings is 3. The zero-order chi connectivity index (χ0) is 20.4. The van der Waals surface area contributed by atoms with Crippen molar-refractivity contribution < 1.29 is 4.79 Å². The number of rotatable bonds is 3. The monoisotopic (exact) mass is 416 g/mol. The van der Waals surface area contributed by atoms with Gasteiger partial charge in [-0.1, -0.05) is 59.6 Å². The van der Waals surface area contributed by atoms with Gasteiger partial charge in [-0.15, -0.1) is 0 Å². The second-order valence-corrected chi connectivity index (χ2v) is 7.30. The average Bonchev–Trinajstić information content (AvgIpc) is 3.07. The predicted octanol–water partition coefficient (Wildman–Crippen LogP) is 6.34. The van der Waals surface area contributed by atoms with Gasteiger partial charge in [0.25, 0.3) is 5.91 Å². The van der Waals surface area contributed by atoms with Gasteiger partial charge < -0.3 is 0 Å². The van der Waals surface area contributed by atoms with E-state index in [2.05, 4.69) is 6.07 Å². The third-order valence-electron chi connectivity index (χ3n) is 4.58. The Hall–Kier alpha value is -3.32. The van der Waals surface area contributed by atoms with Crippen LogP contribution in [0.2, 0.25) is 10.0 Å². The Morgan fingerprint density at radius 1 is 0.931 bits per heavy atom. The minimum Gasteiger partial charge on any atom is -0.276 e. The molecular formula is C24H14Cl2N2O. The summed E-state index contributed by atoms with van der Waals surface area (Å²) in [4.78, 5) is 14.9. The van der Waals surface area contributed by atoms with E-state index in [9.17, 15) is 4.79 Å². The first-order valence-electron chi connectivity index (χ1n) is 8.85. The summed E-state index contributed by atoms with van der Waals surface area (Å²) in [5.41, 5.74) is 4.12. The van der Waals surface area contributed by atoms with E-state index in [0.717, 1.165) is 11.3 Å². The summed E-state index contributed by atoms with van der Waals surface area (Å²) >= 11 is 12.3. The Balaban J connectivity index is 1.82. The minimum absolute atomic E-state index is 0.167. The van der Waals surface area contributed by atoms with Crippen molar-refractivity contribution in [1.29, 1.82) is 5.26 Å². The van der Waals surface area contributed by atoms with Crippen LogP contribution in [0.25, 0.3) is 11.8 Å². The first-order chi connectivity index (χ1) is 14.1. The van der Waals surface area contributed by atoms with Crippen LogP contribution in [-0.4, -0.2) is 5.91 Å². The molecular weight excluding hydrogens is 403 g/mol. The molecule has 4 rings (SSSR count). The van der Waals surface area contributed by atoms with E-state index >= 15 is 0 Å². The third kappa shape index (κ3) is 3.82. The first-order valence-corrected chi connectivity index (χ1v) is 9.61. The molecule has 0 unspecified atom stereocenters. The van der Waals surface area contributed by atoms with Gasteiger partial charge in [0.15, 0.2) is 0 Å². The van der Waals surface area contributed by atoms with Crippen molar-refractivity contribution in [2.24, 2.45) is 0 Å². The number of nitriles is 1. The standard InChI is InChI=1S/C24H14Cl2N2O/c25-20-9-8-18(22(26)14-20)12-19-13-23(17-4-2-1-3-5-17)28(24(19)29)21-10-6-16(15-27)7-11-21/h1-14H/b19-12+. The summed E-state index contributed by atoms with van der Waals surface area (Å²) < 4.78 is 0. The molecule has 5 heteroatoms. The number of amides is 1. The van der Waals surface area contributed by atoms with Crippen LogP contribution in [0, 0.1) is 11.3 Å². The predicted molar refractivity (Wildman–Crippen MR) is 118 cm³/mol. The Kier molecular flexibility index (Phi) is 5.22. The molecule has 1 aliphatic heterocycles. The van der Waals surface area contributed by atoms with Crippen molar-refractivity contribution in [2.45, 2.75) is 0 Å². The van der Waals surface area contributed by atoms with Gasteiger partial charge in [0.1, 0.15) is 0 Å². The van der Waals surface area contributed by atoms with E-state index < -0.39 is 0 Å². The maximum atomic E-state index is 13.3. The van der Waals surface area contributed by atoms with Crippen LogP contribution in [-0.2, 0) is 4.79 Å². The van der Waals surface area contributed by atoms with E-state index in [4.69, 9.17) is 28.5 Å². The molecule has 29 heavy (non-hydrogen) atoms. The highest BCUT2D eigenvalue weighted by Gasteiger charge is 2.30. The maximum absolute atomic E-state index is 13.3. The Morgan fingerprint density at radius 3 is 2.31 bits per heavy atom. The summed E-state index contributed by atoms with van der Waals surface area (Å²) in [6, 6.07) is 23.9. The minimum atomic E-state index is -0.167. The molecule has 3 nitrogen and oxygen atoms in total. The van der Waals surface area contributed by atoms with Crippen molar-refractivity contribution in [3.63, 3.8) is 0 Å². The molecule has 0 aromatic heterocycles. The molecule has 0 bridgehead atoms. The largest absolute Gasteiger partial charge is 0.276 e. The van der Waals surface area contributed by atoms with E-state index in [1.54, 1.807) is 53.4 Å². The lowest BCUT2D eigenvalue weighted by molar-refractivity contribution is -0.113. The van der Waals surface area contributed by atoms with Gasteiger partial charge in [-0.3, -0.25) is 9.69 Å². The lowest BCUT2D eigenvalue weighted by Crippen LogP contribution is -2.24. The average molecular weight is 417 g/mol. The number of hydrogen-bond acceptors (Lipinski definition) is 2. The Labute approximate surface area is 178 Å². The highest BCUT2D eigenvalue weighted by Crippen LogP contribution is 2.36.